The first kappa shape index (κ1) is 24.4. The number of amides is 1. The summed E-state index contributed by atoms with van der Waals surface area (Å²) in [5.74, 6) is -1.86. The van der Waals surface area contributed by atoms with Crippen molar-refractivity contribution >= 4 is 26.5 Å². The number of ether oxygens (including phenoxy) is 1. The van der Waals surface area contributed by atoms with Crippen LogP contribution in [0.4, 0.5) is 8.78 Å². The van der Waals surface area contributed by atoms with E-state index in [1.807, 2.05) is 24.3 Å². The quantitative estimate of drug-likeness (QED) is 0.400. The monoisotopic (exact) mass is 536 g/mol. The Bertz CT molecular complexity index is 1690. The Morgan fingerprint density at radius 2 is 1.89 bits per heavy atom. The average Bonchev–Trinajstić information content (AvgIpc) is 3.78. The Labute approximate surface area is 217 Å². The van der Waals surface area contributed by atoms with Gasteiger partial charge in [0.05, 0.1) is 36.4 Å². The summed E-state index contributed by atoms with van der Waals surface area (Å²) >= 11 is 0. The number of halogens is 2. The zero-order chi connectivity index (χ0) is 26.4. The van der Waals surface area contributed by atoms with Crippen LogP contribution in [0.5, 0.6) is 5.75 Å². The molecule has 1 saturated carbocycles. The average molecular weight is 537 g/mol. The van der Waals surface area contributed by atoms with Crippen LogP contribution in [-0.4, -0.2) is 41.4 Å². The number of nitrogens with one attached hydrogen (secondary N) is 1. The third-order valence-corrected chi connectivity index (χ3v) is 8.48. The van der Waals surface area contributed by atoms with Gasteiger partial charge in [-0.2, -0.15) is 0 Å². The predicted molar refractivity (Wildman–Crippen MR) is 135 cm³/mol. The van der Waals surface area contributed by atoms with Gasteiger partial charge in [0.25, 0.3) is 5.91 Å². The fourth-order valence-corrected chi connectivity index (χ4v) is 5.80. The number of benzene rings is 2. The van der Waals surface area contributed by atoms with Crippen molar-refractivity contribution in [3.63, 3.8) is 0 Å². The second kappa shape index (κ2) is 9.39. The van der Waals surface area contributed by atoms with Gasteiger partial charge < -0.3 is 10.1 Å². The number of nitrogens with zero attached hydrogens (tertiary/aromatic N) is 3. The summed E-state index contributed by atoms with van der Waals surface area (Å²) in [6.45, 7) is -0.284. The Morgan fingerprint density at radius 3 is 2.71 bits per heavy atom. The van der Waals surface area contributed by atoms with E-state index in [0.29, 0.717) is 11.6 Å². The molecule has 1 N–H and O–H groups in total. The zero-order valence-corrected chi connectivity index (χ0v) is 20.8. The van der Waals surface area contributed by atoms with E-state index in [9.17, 15) is 22.0 Å². The minimum absolute atomic E-state index is 0.00363. The van der Waals surface area contributed by atoms with Gasteiger partial charge in [-0.05, 0) is 42.5 Å². The van der Waals surface area contributed by atoms with Gasteiger partial charge in [-0.3, -0.25) is 14.8 Å². The first-order valence-corrected chi connectivity index (χ1v) is 13.7. The molecular weight excluding hydrogens is 514 g/mol. The standard InChI is InChI=1S/C27H22F2N4O4S/c28-21-9-19(10-24-26(21)37-6-5-25(29)38(24,35)36)27(34)32-12-20-8-18-7-16(3-4-17(18)11-31-20)23-14-30-13-22(33-23)15-1-2-15/h3-4,7-11,13-15,25H,1-2,5-6,12H2,(H,32,34)/t25-/m1/s1. The maximum atomic E-state index is 14.6. The van der Waals surface area contributed by atoms with Crippen molar-refractivity contribution in [2.45, 2.75) is 42.1 Å². The van der Waals surface area contributed by atoms with E-state index in [0.717, 1.165) is 52.7 Å². The van der Waals surface area contributed by atoms with Crippen molar-refractivity contribution in [1.82, 2.24) is 20.3 Å². The molecule has 4 aromatic rings. The molecule has 1 atom stereocenters. The normalized spacial score (nSPS) is 18.3. The summed E-state index contributed by atoms with van der Waals surface area (Å²) in [4.78, 5) is 25.6. The van der Waals surface area contributed by atoms with Crippen LogP contribution in [-0.2, 0) is 16.4 Å². The SMILES string of the molecule is O=C(NCc1cc2cc(-c3cncc(C4CC4)n3)ccc2cn1)c1cc(F)c2c(c1)S(=O)(=O)[C@@H](F)CCO2. The van der Waals surface area contributed by atoms with Gasteiger partial charge >= 0.3 is 0 Å². The van der Waals surface area contributed by atoms with E-state index >= 15 is 0 Å². The van der Waals surface area contributed by atoms with Gasteiger partial charge in [0.2, 0.25) is 15.3 Å². The summed E-state index contributed by atoms with van der Waals surface area (Å²) in [6, 6.07) is 9.50. The smallest absolute Gasteiger partial charge is 0.251 e. The summed E-state index contributed by atoms with van der Waals surface area (Å²) in [7, 11) is -4.49. The highest BCUT2D eigenvalue weighted by Crippen LogP contribution is 2.39. The number of fused-ring (bicyclic) bond motifs is 2. The molecular formula is C27H22F2N4O4S. The van der Waals surface area contributed by atoms with Gasteiger partial charge in [-0.1, -0.05) is 12.1 Å². The number of hydrogen-bond acceptors (Lipinski definition) is 7. The van der Waals surface area contributed by atoms with Crippen LogP contribution in [0.2, 0.25) is 0 Å². The highest BCUT2D eigenvalue weighted by atomic mass is 32.2. The minimum atomic E-state index is -4.49. The third kappa shape index (κ3) is 4.58. The van der Waals surface area contributed by atoms with Gasteiger partial charge in [-0.15, -0.1) is 0 Å². The Kier molecular flexibility index (Phi) is 6.02. The highest BCUT2D eigenvalue weighted by molar-refractivity contribution is 7.92. The molecule has 11 heteroatoms. The second-order valence-electron chi connectivity index (χ2n) is 9.40. The molecule has 2 aromatic heterocycles. The highest BCUT2D eigenvalue weighted by Gasteiger charge is 2.35. The summed E-state index contributed by atoms with van der Waals surface area (Å²) in [5.41, 5.74) is 0.716. The van der Waals surface area contributed by atoms with E-state index < -0.39 is 44.1 Å². The van der Waals surface area contributed by atoms with Crippen molar-refractivity contribution in [2.24, 2.45) is 0 Å². The van der Waals surface area contributed by atoms with Gasteiger partial charge in [0.1, 0.15) is 4.90 Å². The molecule has 38 heavy (non-hydrogen) atoms. The molecule has 0 spiro atoms. The van der Waals surface area contributed by atoms with E-state index in [-0.39, 0.29) is 18.7 Å². The van der Waals surface area contributed by atoms with Crippen LogP contribution in [0.25, 0.3) is 22.0 Å². The van der Waals surface area contributed by atoms with Crippen LogP contribution < -0.4 is 10.1 Å². The largest absolute Gasteiger partial charge is 0.489 e. The van der Waals surface area contributed by atoms with E-state index in [1.165, 1.54) is 0 Å². The van der Waals surface area contributed by atoms with Crippen LogP contribution in [0.15, 0.2) is 59.9 Å². The lowest BCUT2D eigenvalue weighted by Crippen LogP contribution is -2.24. The first-order valence-electron chi connectivity index (χ1n) is 12.1. The van der Waals surface area contributed by atoms with Gasteiger partial charge in [-0.25, -0.2) is 22.2 Å². The maximum Gasteiger partial charge on any atom is 0.251 e. The lowest BCUT2D eigenvalue weighted by Gasteiger charge is -2.12. The Morgan fingerprint density at radius 1 is 1.05 bits per heavy atom. The molecule has 8 nitrogen and oxygen atoms in total. The lowest BCUT2D eigenvalue weighted by atomic mass is 10.1. The molecule has 3 heterocycles. The third-order valence-electron chi connectivity index (χ3n) is 6.66. The fraction of sp³-hybridized carbons (Fsp3) is 0.259. The molecule has 1 aliphatic carbocycles. The van der Waals surface area contributed by atoms with Crippen LogP contribution >= 0.6 is 0 Å². The Hall–Kier alpha value is -3.99. The van der Waals surface area contributed by atoms with Crippen LogP contribution in [0.3, 0.4) is 0 Å². The number of aromatic nitrogens is 3. The number of hydrogen-bond donors (Lipinski definition) is 1. The molecule has 0 saturated heterocycles. The number of pyridine rings is 1. The molecule has 1 fully saturated rings. The summed E-state index contributed by atoms with van der Waals surface area (Å²) < 4.78 is 58.8. The van der Waals surface area contributed by atoms with E-state index in [1.54, 1.807) is 18.6 Å². The number of carbonyl (C=O) groups excluding carboxylic acids is 1. The van der Waals surface area contributed by atoms with Crippen molar-refractivity contribution < 1.29 is 26.7 Å². The van der Waals surface area contributed by atoms with Crippen molar-refractivity contribution in [3.05, 3.63) is 77.8 Å². The van der Waals surface area contributed by atoms with E-state index in [4.69, 9.17) is 9.72 Å². The van der Waals surface area contributed by atoms with Gasteiger partial charge in [0, 0.05) is 41.2 Å². The van der Waals surface area contributed by atoms with Gasteiger partial charge in [0.15, 0.2) is 11.6 Å². The predicted octanol–water partition coefficient (Wildman–Crippen LogP) is 4.49. The Balaban J connectivity index is 1.23. The van der Waals surface area contributed by atoms with Crippen LogP contribution in [0, 0.1) is 5.82 Å². The van der Waals surface area contributed by atoms with Crippen molar-refractivity contribution in [2.75, 3.05) is 6.61 Å². The van der Waals surface area contributed by atoms with E-state index in [2.05, 4.69) is 15.3 Å². The van der Waals surface area contributed by atoms with Crippen molar-refractivity contribution in [3.8, 4) is 17.0 Å². The molecule has 6 rings (SSSR count). The molecule has 194 valence electrons. The molecule has 0 radical (unpaired) electrons. The maximum absolute atomic E-state index is 14.6. The molecule has 0 bridgehead atoms. The number of rotatable bonds is 5. The zero-order valence-electron chi connectivity index (χ0n) is 20.0. The fourth-order valence-electron chi connectivity index (χ4n) is 4.41. The number of carbonyl (C=O) groups is 1. The molecule has 0 unspecified atom stereocenters. The van der Waals surface area contributed by atoms with Crippen LogP contribution in [0.1, 0.15) is 46.9 Å². The molecule has 2 aliphatic rings. The summed E-state index contributed by atoms with van der Waals surface area (Å²) in [5, 5.41) is 4.40. The molecule has 1 amide bonds. The topological polar surface area (TPSA) is 111 Å². The molecule has 2 aromatic carbocycles. The number of alkyl halides is 1. The number of sulfone groups is 1. The lowest BCUT2D eigenvalue weighted by molar-refractivity contribution is 0.0949. The first-order chi connectivity index (χ1) is 18.3. The summed E-state index contributed by atoms with van der Waals surface area (Å²) in [6.07, 6.45) is 7.06. The minimum Gasteiger partial charge on any atom is -0.489 e. The van der Waals surface area contributed by atoms with Crippen molar-refractivity contribution in [1.29, 1.82) is 0 Å². The molecule has 1 aliphatic heterocycles. The second-order valence-corrected chi connectivity index (χ2v) is 11.4.